The van der Waals surface area contributed by atoms with Crippen molar-refractivity contribution in [1.82, 2.24) is 19.5 Å². The zero-order valence-corrected chi connectivity index (χ0v) is 16.1. The summed E-state index contributed by atoms with van der Waals surface area (Å²) in [4.78, 5) is 13.8. The molecule has 27 heavy (non-hydrogen) atoms. The number of aliphatic hydroxyl groups is 1. The molecule has 3 atom stereocenters. The number of nitrogens with zero attached hydrogens (tertiary/aromatic N) is 4. The first-order valence-corrected chi connectivity index (χ1v) is 10.1. The second-order valence-electron chi connectivity index (χ2n) is 8.66. The van der Waals surface area contributed by atoms with Gasteiger partial charge in [-0.1, -0.05) is 18.6 Å². The van der Waals surface area contributed by atoms with Gasteiger partial charge in [0, 0.05) is 13.6 Å². The van der Waals surface area contributed by atoms with Crippen LogP contribution in [0, 0.1) is 17.3 Å². The third-order valence-electron chi connectivity index (χ3n) is 6.88. The maximum Gasteiger partial charge on any atom is 0.227 e. The fourth-order valence-electron chi connectivity index (χ4n) is 5.30. The van der Waals surface area contributed by atoms with Crippen LogP contribution in [0.5, 0.6) is 0 Å². The summed E-state index contributed by atoms with van der Waals surface area (Å²) in [6.07, 6.45) is 10.3. The van der Waals surface area contributed by atoms with E-state index >= 15 is 0 Å². The van der Waals surface area contributed by atoms with E-state index in [1.807, 2.05) is 18.5 Å². The molecule has 0 aromatic carbocycles. The normalized spacial score (nSPS) is 29.4. The summed E-state index contributed by atoms with van der Waals surface area (Å²) >= 11 is 0. The molecular formula is C20H28N6O. The molecule has 3 unspecified atom stereocenters. The van der Waals surface area contributed by atoms with E-state index in [1.165, 1.54) is 25.7 Å². The summed E-state index contributed by atoms with van der Waals surface area (Å²) in [6.45, 7) is 3.03. The summed E-state index contributed by atoms with van der Waals surface area (Å²) in [7, 11) is 1.94. The minimum Gasteiger partial charge on any atom is -0.394 e. The lowest BCUT2D eigenvalue weighted by molar-refractivity contribution is 0.0485. The molecule has 2 aromatic heterocycles. The zero-order chi connectivity index (χ0) is 18.6. The topological polar surface area (TPSA) is 87.9 Å². The van der Waals surface area contributed by atoms with Crippen LogP contribution in [0.2, 0.25) is 0 Å². The standard InChI is InChI=1S/C20H28N6O/c1-3-14(9-27)23-19-24-17(16-18(25-19)26(2)11-22-16)21-10-20-5-4-15-12(7-20)6-13(15)8-20/h4,11-14,27H,3,5-10H2,1-2H3,(H2,21,23,24,25). The van der Waals surface area contributed by atoms with Gasteiger partial charge < -0.3 is 20.3 Å². The van der Waals surface area contributed by atoms with Crippen LogP contribution in [0.3, 0.4) is 0 Å². The van der Waals surface area contributed by atoms with Crippen LogP contribution < -0.4 is 10.6 Å². The molecular weight excluding hydrogens is 340 g/mol. The van der Waals surface area contributed by atoms with Gasteiger partial charge in [0.25, 0.3) is 0 Å². The molecule has 3 saturated carbocycles. The maximum absolute atomic E-state index is 9.50. The zero-order valence-electron chi connectivity index (χ0n) is 16.1. The number of imidazole rings is 1. The van der Waals surface area contributed by atoms with Gasteiger partial charge in [-0.3, -0.25) is 0 Å². The maximum atomic E-state index is 9.50. The largest absolute Gasteiger partial charge is 0.394 e. The highest BCUT2D eigenvalue weighted by Gasteiger charge is 2.52. The SMILES string of the molecule is CCC(CO)Nc1nc(NCC23CC=C4C(CC4C2)C3)c2ncn(C)c2n1. The highest BCUT2D eigenvalue weighted by atomic mass is 16.3. The molecule has 7 heteroatoms. The minimum absolute atomic E-state index is 0.0468. The number of aliphatic hydroxyl groups excluding tert-OH is 1. The molecule has 0 amide bonds. The fourth-order valence-corrected chi connectivity index (χ4v) is 5.30. The Morgan fingerprint density at radius 3 is 2.85 bits per heavy atom. The van der Waals surface area contributed by atoms with Crippen molar-refractivity contribution in [3.63, 3.8) is 0 Å². The number of hydrogen-bond acceptors (Lipinski definition) is 6. The molecule has 3 fully saturated rings. The first-order chi connectivity index (χ1) is 13.1. The molecule has 7 rings (SSSR count). The van der Waals surface area contributed by atoms with Crippen molar-refractivity contribution in [2.75, 3.05) is 23.8 Å². The fraction of sp³-hybridized carbons (Fsp3) is 0.650. The van der Waals surface area contributed by atoms with Gasteiger partial charge in [0.15, 0.2) is 17.0 Å². The van der Waals surface area contributed by atoms with Crippen molar-refractivity contribution in [1.29, 1.82) is 0 Å². The molecule has 4 bridgehead atoms. The van der Waals surface area contributed by atoms with Crippen molar-refractivity contribution in [2.45, 2.75) is 45.1 Å². The minimum atomic E-state index is -0.0468. The highest BCUT2D eigenvalue weighted by Crippen LogP contribution is 2.62. The molecule has 0 saturated heterocycles. The Balaban J connectivity index is 1.41. The van der Waals surface area contributed by atoms with E-state index in [-0.39, 0.29) is 12.6 Å². The Bertz CT molecular complexity index is 885. The van der Waals surface area contributed by atoms with Gasteiger partial charge in [0.1, 0.15) is 0 Å². The van der Waals surface area contributed by atoms with E-state index in [0.29, 0.717) is 11.4 Å². The van der Waals surface area contributed by atoms with Crippen LogP contribution in [-0.2, 0) is 7.05 Å². The second-order valence-corrected chi connectivity index (χ2v) is 8.66. The summed E-state index contributed by atoms with van der Waals surface area (Å²) < 4.78 is 1.91. The van der Waals surface area contributed by atoms with Crippen LogP contribution in [0.4, 0.5) is 11.8 Å². The van der Waals surface area contributed by atoms with Gasteiger partial charge in [-0.25, -0.2) is 4.98 Å². The second kappa shape index (κ2) is 6.19. The van der Waals surface area contributed by atoms with E-state index in [1.54, 1.807) is 11.9 Å². The van der Waals surface area contributed by atoms with Crippen LogP contribution in [-0.4, -0.2) is 43.8 Å². The number of allylic oxidation sites excluding steroid dienone is 2. The van der Waals surface area contributed by atoms with E-state index in [2.05, 4.69) is 26.7 Å². The van der Waals surface area contributed by atoms with Crippen LogP contribution in [0.25, 0.3) is 11.2 Å². The molecule has 0 spiro atoms. The monoisotopic (exact) mass is 368 g/mol. The van der Waals surface area contributed by atoms with E-state index in [4.69, 9.17) is 4.98 Å². The van der Waals surface area contributed by atoms with Gasteiger partial charge in [0.05, 0.1) is 19.0 Å². The number of aromatic nitrogens is 4. The van der Waals surface area contributed by atoms with E-state index in [9.17, 15) is 5.11 Å². The Morgan fingerprint density at radius 1 is 1.33 bits per heavy atom. The van der Waals surface area contributed by atoms with Gasteiger partial charge in [-0.15, -0.1) is 0 Å². The Morgan fingerprint density at radius 2 is 2.15 bits per heavy atom. The molecule has 0 radical (unpaired) electrons. The summed E-state index contributed by atoms with van der Waals surface area (Å²) in [6, 6.07) is -0.0468. The smallest absolute Gasteiger partial charge is 0.227 e. The Kier molecular flexibility index (Phi) is 3.89. The number of nitrogens with one attached hydrogen (secondary N) is 2. The lowest BCUT2D eigenvalue weighted by Gasteiger charge is -2.58. The number of hydrogen-bond donors (Lipinski definition) is 3. The number of rotatable bonds is 7. The predicted octanol–water partition coefficient (Wildman–Crippen LogP) is 2.70. The van der Waals surface area contributed by atoms with E-state index in [0.717, 1.165) is 41.8 Å². The lowest BCUT2D eigenvalue weighted by Crippen LogP contribution is -2.49. The van der Waals surface area contributed by atoms with Crippen molar-refractivity contribution in [2.24, 2.45) is 24.3 Å². The molecule has 3 N–H and O–H groups in total. The summed E-state index contributed by atoms with van der Waals surface area (Å²) in [5, 5.41) is 16.4. The third-order valence-corrected chi connectivity index (χ3v) is 6.88. The van der Waals surface area contributed by atoms with Crippen molar-refractivity contribution in [3.8, 4) is 0 Å². The van der Waals surface area contributed by atoms with Crippen molar-refractivity contribution in [3.05, 3.63) is 18.0 Å². The average Bonchev–Trinajstić information content (AvgIpc) is 3.05. The quantitative estimate of drug-likeness (QED) is 0.651. The molecule has 0 aliphatic heterocycles. The van der Waals surface area contributed by atoms with Crippen LogP contribution in [0.15, 0.2) is 18.0 Å². The molecule has 5 aliphatic carbocycles. The van der Waals surface area contributed by atoms with Gasteiger partial charge >= 0.3 is 0 Å². The van der Waals surface area contributed by atoms with Crippen LogP contribution in [0.1, 0.15) is 39.0 Å². The number of fused-ring (bicyclic) bond motifs is 2. The van der Waals surface area contributed by atoms with Crippen LogP contribution >= 0.6 is 0 Å². The first-order valence-electron chi connectivity index (χ1n) is 10.1. The first kappa shape index (κ1) is 17.0. The summed E-state index contributed by atoms with van der Waals surface area (Å²) in [5.41, 5.74) is 3.72. The Labute approximate surface area is 159 Å². The van der Waals surface area contributed by atoms with Gasteiger partial charge in [-0.05, 0) is 49.4 Å². The van der Waals surface area contributed by atoms with Gasteiger partial charge in [0.2, 0.25) is 5.95 Å². The predicted molar refractivity (Wildman–Crippen MR) is 106 cm³/mol. The van der Waals surface area contributed by atoms with E-state index < -0.39 is 0 Å². The third kappa shape index (κ3) is 2.71. The van der Waals surface area contributed by atoms with Crippen molar-refractivity contribution >= 4 is 22.9 Å². The highest BCUT2D eigenvalue weighted by molar-refractivity contribution is 5.84. The lowest BCUT2D eigenvalue weighted by atomic mass is 9.48. The molecule has 7 nitrogen and oxygen atoms in total. The average molecular weight is 368 g/mol. The van der Waals surface area contributed by atoms with Gasteiger partial charge in [-0.2, -0.15) is 9.97 Å². The van der Waals surface area contributed by atoms with Crippen molar-refractivity contribution < 1.29 is 5.11 Å². The molecule has 2 aromatic rings. The number of anilines is 2. The summed E-state index contributed by atoms with van der Waals surface area (Å²) in [5.74, 6) is 3.02. The molecule has 144 valence electrons. The Hall–Kier alpha value is -2.15. The molecule has 2 heterocycles. The molecule has 5 aliphatic rings. The number of aryl methyl sites for hydroxylation is 1.